The molecule has 0 bridgehead atoms. The number of nitrogens with one attached hydrogen (secondary N) is 1. The first-order chi connectivity index (χ1) is 7.25. The summed E-state index contributed by atoms with van der Waals surface area (Å²) in [4.78, 5) is 7.60. The monoisotopic (exact) mass is 227 g/mol. The van der Waals surface area contributed by atoms with Gasteiger partial charge in [-0.25, -0.2) is 18.7 Å². The van der Waals surface area contributed by atoms with E-state index >= 15 is 0 Å². The summed E-state index contributed by atoms with van der Waals surface area (Å²) in [7, 11) is 0. The first-order valence-electron chi connectivity index (χ1n) is 4.17. The Morgan fingerprint density at radius 1 is 1.33 bits per heavy atom. The number of halogens is 2. The highest BCUT2D eigenvalue weighted by molar-refractivity contribution is 7.07. The van der Waals surface area contributed by atoms with E-state index in [4.69, 9.17) is 0 Å². The van der Waals surface area contributed by atoms with Gasteiger partial charge >= 0.3 is 0 Å². The van der Waals surface area contributed by atoms with Crippen molar-refractivity contribution in [1.82, 2.24) is 9.97 Å². The van der Waals surface area contributed by atoms with Crippen molar-refractivity contribution in [3.05, 3.63) is 40.5 Å². The van der Waals surface area contributed by atoms with Crippen LogP contribution in [-0.4, -0.2) is 9.97 Å². The minimum Gasteiger partial charge on any atom is -0.362 e. The topological polar surface area (TPSA) is 37.8 Å². The average molecular weight is 227 g/mol. The number of aromatic nitrogens is 2. The number of pyridine rings is 1. The molecule has 2 heterocycles. The molecule has 0 amide bonds. The van der Waals surface area contributed by atoms with Gasteiger partial charge in [0.05, 0.1) is 23.9 Å². The van der Waals surface area contributed by atoms with Gasteiger partial charge in [0, 0.05) is 11.4 Å². The molecule has 15 heavy (non-hydrogen) atoms. The highest BCUT2D eigenvalue weighted by Crippen LogP contribution is 2.12. The fourth-order valence-corrected chi connectivity index (χ4v) is 1.60. The molecule has 0 atom stereocenters. The van der Waals surface area contributed by atoms with E-state index < -0.39 is 11.6 Å². The summed E-state index contributed by atoms with van der Waals surface area (Å²) in [5.41, 5.74) is 2.48. The van der Waals surface area contributed by atoms with Gasteiger partial charge < -0.3 is 5.32 Å². The van der Waals surface area contributed by atoms with Crippen LogP contribution in [-0.2, 0) is 6.54 Å². The van der Waals surface area contributed by atoms with Crippen molar-refractivity contribution in [3.63, 3.8) is 0 Å². The van der Waals surface area contributed by atoms with Gasteiger partial charge in [0.1, 0.15) is 5.82 Å². The fraction of sp³-hybridized carbons (Fsp3) is 0.111. The third-order valence-electron chi connectivity index (χ3n) is 1.73. The van der Waals surface area contributed by atoms with Crippen LogP contribution < -0.4 is 5.32 Å². The van der Waals surface area contributed by atoms with E-state index in [9.17, 15) is 8.78 Å². The van der Waals surface area contributed by atoms with Crippen LogP contribution in [0, 0.1) is 11.6 Å². The molecule has 0 aliphatic carbocycles. The molecule has 3 nitrogen and oxygen atoms in total. The molecule has 6 heteroatoms. The number of rotatable bonds is 3. The van der Waals surface area contributed by atoms with Gasteiger partial charge in [-0.15, -0.1) is 11.3 Å². The lowest BCUT2D eigenvalue weighted by atomic mass is 10.4. The lowest BCUT2D eigenvalue weighted by Crippen LogP contribution is -2.04. The Morgan fingerprint density at radius 2 is 2.20 bits per heavy atom. The maximum absolute atomic E-state index is 13.1. The molecule has 0 fully saturated rings. The Balaban J connectivity index is 2.05. The third-order valence-corrected chi connectivity index (χ3v) is 2.36. The number of hydrogen-bond acceptors (Lipinski definition) is 4. The SMILES string of the molecule is Fc1cnc(NCc2cscn2)c(F)c1. The van der Waals surface area contributed by atoms with E-state index in [0.717, 1.165) is 18.0 Å². The van der Waals surface area contributed by atoms with Crippen LogP contribution in [0.4, 0.5) is 14.6 Å². The van der Waals surface area contributed by atoms with Gasteiger partial charge in [0.2, 0.25) is 0 Å². The Bertz CT molecular complexity index is 445. The maximum Gasteiger partial charge on any atom is 0.168 e. The first-order valence-corrected chi connectivity index (χ1v) is 5.12. The van der Waals surface area contributed by atoms with E-state index in [1.165, 1.54) is 11.3 Å². The summed E-state index contributed by atoms with van der Waals surface area (Å²) in [5, 5.41) is 4.58. The minimum absolute atomic E-state index is 0.0319. The molecule has 2 rings (SSSR count). The van der Waals surface area contributed by atoms with Crippen LogP contribution >= 0.6 is 11.3 Å². The third kappa shape index (κ3) is 2.47. The van der Waals surface area contributed by atoms with E-state index in [2.05, 4.69) is 15.3 Å². The molecule has 0 saturated carbocycles. The summed E-state index contributed by atoms with van der Waals surface area (Å²) in [5.74, 6) is -1.36. The van der Waals surface area contributed by atoms with Crippen LogP contribution in [0.3, 0.4) is 0 Å². The lowest BCUT2D eigenvalue weighted by molar-refractivity contribution is 0.575. The van der Waals surface area contributed by atoms with Crippen molar-refractivity contribution in [3.8, 4) is 0 Å². The summed E-state index contributed by atoms with van der Waals surface area (Å²) in [6.07, 6.45) is 0.965. The molecule has 0 spiro atoms. The molecule has 0 aliphatic heterocycles. The van der Waals surface area contributed by atoms with Gasteiger partial charge in [-0.1, -0.05) is 0 Å². The smallest absolute Gasteiger partial charge is 0.168 e. The predicted octanol–water partition coefficient (Wildman–Crippen LogP) is 2.43. The normalized spacial score (nSPS) is 10.3. The molecule has 0 aliphatic rings. The highest BCUT2D eigenvalue weighted by Gasteiger charge is 2.05. The fourth-order valence-electron chi connectivity index (χ4n) is 1.04. The molecular weight excluding hydrogens is 220 g/mol. The van der Waals surface area contributed by atoms with E-state index in [1.807, 2.05) is 5.38 Å². The minimum atomic E-state index is -0.703. The zero-order valence-corrected chi connectivity index (χ0v) is 8.39. The number of nitrogens with zero attached hydrogens (tertiary/aromatic N) is 2. The molecule has 0 saturated heterocycles. The Labute approximate surface area is 88.8 Å². The summed E-state index contributed by atoms with van der Waals surface area (Å²) in [6.45, 7) is 0.374. The van der Waals surface area contributed by atoms with Crippen molar-refractivity contribution in [1.29, 1.82) is 0 Å². The molecule has 1 N–H and O–H groups in total. The quantitative estimate of drug-likeness (QED) is 0.875. The second-order valence-corrected chi connectivity index (χ2v) is 3.54. The lowest BCUT2D eigenvalue weighted by Gasteiger charge is -2.03. The van der Waals surface area contributed by atoms with Crippen LogP contribution in [0.5, 0.6) is 0 Å². The maximum atomic E-state index is 13.1. The highest BCUT2D eigenvalue weighted by atomic mass is 32.1. The molecule has 2 aromatic heterocycles. The van der Waals surface area contributed by atoms with Gasteiger partial charge in [0.25, 0.3) is 0 Å². The van der Waals surface area contributed by atoms with E-state index in [-0.39, 0.29) is 5.82 Å². The number of anilines is 1. The van der Waals surface area contributed by atoms with Crippen molar-refractivity contribution >= 4 is 17.2 Å². The predicted molar refractivity (Wildman–Crippen MR) is 53.6 cm³/mol. The number of thiazole rings is 1. The Kier molecular flexibility index (Phi) is 2.86. The average Bonchev–Trinajstić information content (AvgIpc) is 2.69. The summed E-state index contributed by atoms with van der Waals surface area (Å²) >= 11 is 1.46. The van der Waals surface area contributed by atoms with Crippen LogP contribution in [0.15, 0.2) is 23.2 Å². The second-order valence-electron chi connectivity index (χ2n) is 2.82. The summed E-state index contributed by atoms with van der Waals surface area (Å²) < 4.78 is 25.6. The zero-order chi connectivity index (χ0) is 10.7. The Hall–Kier alpha value is -1.56. The molecule has 0 radical (unpaired) electrons. The van der Waals surface area contributed by atoms with E-state index in [1.54, 1.807) is 5.51 Å². The molecule has 2 aromatic rings. The molecule has 0 unspecified atom stereocenters. The largest absolute Gasteiger partial charge is 0.362 e. The van der Waals surface area contributed by atoms with Crippen molar-refractivity contribution in [2.45, 2.75) is 6.54 Å². The van der Waals surface area contributed by atoms with Gasteiger partial charge in [-0.3, -0.25) is 0 Å². The van der Waals surface area contributed by atoms with Gasteiger partial charge in [0.15, 0.2) is 11.6 Å². The summed E-state index contributed by atoms with van der Waals surface area (Å²) in [6, 6.07) is 0.788. The van der Waals surface area contributed by atoms with Crippen LogP contribution in [0.25, 0.3) is 0 Å². The molecular formula is C9H7F2N3S. The van der Waals surface area contributed by atoms with Crippen molar-refractivity contribution in [2.24, 2.45) is 0 Å². The van der Waals surface area contributed by atoms with E-state index in [0.29, 0.717) is 6.54 Å². The first kappa shape index (κ1) is 9.97. The van der Waals surface area contributed by atoms with Crippen LogP contribution in [0.1, 0.15) is 5.69 Å². The zero-order valence-electron chi connectivity index (χ0n) is 7.58. The van der Waals surface area contributed by atoms with Crippen molar-refractivity contribution < 1.29 is 8.78 Å². The van der Waals surface area contributed by atoms with Crippen LogP contribution in [0.2, 0.25) is 0 Å². The number of hydrogen-bond donors (Lipinski definition) is 1. The second kappa shape index (κ2) is 4.31. The molecule has 0 aromatic carbocycles. The van der Waals surface area contributed by atoms with Crippen molar-refractivity contribution in [2.75, 3.05) is 5.32 Å². The standard InChI is InChI=1S/C9H7F2N3S/c10-6-1-8(11)9(12-2-6)13-3-7-4-15-5-14-7/h1-2,4-5H,3H2,(H,12,13). The van der Waals surface area contributed by atoms with Gasteiger partial charge in [-0.05, 0) is 0 Å². The van der Waals surface area contributed by atoms with Gasteiger partial charge in [-0.2, -0.15) is 0 Å². The molecule has 78 valence electrons. The Morgan fingerprint density at radius 3 is 2.87 bits per heavy atom.